The summed E-state index contributed by atoms with van der Waals surface area (Å²) in [4.78, 5) is 13.1. The molecule has 1 atom stereocenters. The van der Waals surface area contributed by atoms with Crippen LogP contribution in [0.15, 0.2) is 18.2 Å². The molecule has 1 aromatic rings. The van der Waals surface area contributed by atoms with Gasteiger partial charge in [-0.1, -0.05) is 6.07 Å². The van der Waals surface area contributed by atoms with Crippen LogP contribution in [-0.4, -0.2) is 45.2 Å². The van der Waals surface area contributed by atoms with Crippen LogP contribution in [0.1, 0.15) is 12.0 Å². The molecule has 116 valence electrons. The summed E-state index contributed by atoms with van der Waals surface area (Å²) in [5.74, 6) is 0.686. The summed E-state index contributed by atoms with van der Waals surface area (Å²) >= 11 is 0. The van der Waals surface area contributed by atoms with E-state index in [9.17, 15) is 17.1 Å². The second-order valence-corrected chi connectivity index (χ2v) is 6.38. The van der Waals surface area contributed by atoms with Gasteiger partial charge in [-0.25, -0.2) is 0 Å². The average molecular weight is 317 g/mol. The summed E-state index contributed by atoms with van der Waals surface area (Å²) in [6.07, 6.45) is -0.313. The maximum absolute atomic E-state index is 13.0. The number of carbonyl (C=O) groups is 1. The minimum Gasteiger partial charge on any atom is -0.493 e. The molecule has 1 saturated heterocycles. The van der Waals surface area contributed by atoms with Crippen molar-refractivity contribution in [2.45, 2.75) is 18.2 Å². The lowest BCUT2D eigenvalue weighted by Gasteiger charge is -2.17. The molecule has 1 heterocycles. The normalized spacial score (nSPS) is 18.9. The zero-order valence-electron chi connectivity index (χ0n) is 11.7. The average Bonchev–Trinajstić information content (AvgIpc) is 2.80. The fourth-order valence-corrected chi connectivity index (χ4v) is 2.98. The van der Waals surface area contributed by atoms with Crippen molar-refractivity contribution in [1.82, 2.24) is 4.90 Å². The Morgan fingerprint density at radius 1 is 1.29 bits per heavy atom. The summed E-state index contributed by atoms with van der Waals surface area (Å²) in [5, 5.41) is -1.27. The fraction of sp³-hybridized carbons (Fsp3) is 0.462. The number of ether oxygens (including phenoxy) is 2. The highest BCUT2D eigenvalue weighted by Gasteiger charge is 2.38. The molecular formula is C13H16FNO5S. The lowest BCUT2D eigenvalue weighted by molar-refractivity contribution is -0.128. The number of hydrogen-bond donors (Lipinski definition) is 0. The van der Waals surface area contributed by atoms with Crippen molar-refractivity contribution < 1.29 is 26.6 Å². The molecule has 1 unspecified atom stereocenters. The first-order chi connectivity index (χ1) is 9.85. The van der Waals surface area contributed by atoms with Gasteiger partial charge in [-0.05, 0) is 17.7 Å². The van der Waals surface area contributed by atoms with Gasteiger partial charge in [0.1, 0.15) is 5.25 Å². The molecule has 1 aliphatic rings. The zero-order chi connectivity index (χ0) is 15.6. The van der Waals surface area contributed by atoms with Crippen LogP contribution in [-0.2, 0) is 21.6 Å². The van der Waals surface area contributed by atoms with Gasteiger partial charge in [0.05, 0.1) is 14.2 Å². The van der Waals surface area contributed by atoms with Gasteiger partial charge in [0, 0.05) is 19.5 Å². The molecule has 0 N–H and O–H groups in total. The van der Waals surface area contributed by atoms with Crippen molar-refractivity contribution >= 4 is 16.1 Å². The lowest BCUT2D eigenvalue weighted by Crippen LogP contribution is -2.26. The van der Waals surface area contributed by atoms with Crippen LogP contribution in [0.25, 0.3) is 0 Å². The van der Waals surface area contributed by atoms with Gasteiger partial charge in [-0.2, -0.15) is 8.42 Å². The molecule has 8 heteroatoms. The van der Waals surface area contributed by atoms with E-state index in [1.807, 2.05) is 0 Å². The van der Waals surface area contributed by atoms with E-state index in [0.717, 1.165) is 5.56 Å². The number of rotatable bonds is 5. The molecule has 0 aliphatic carbocycles. The lowest BCUT2D eigenvalue weighted by atomic mass is 10.2. The number of likely N-dealkylation sites (tertiary alicyclic amines) is 1. The molecule has 6 nitrogen and oxygen atoms in total. The molecule has 1 aliphatic heterocycles. The highest BCUT2D eigenvalue weighted by atomic mass is 32.3. The summed E-state index contributed by atoms with van der Waals surface area (Å²) in [5.41, 5.74) is 0.748. The first kappa shape index (κ1) is 15.6. The zero-order valence-corrected chi connectivity index (χ0v) is 12.5. The Labute approximate surface area is 122 Å². The van der Waals surface area contributed by atoms with Gasteiger partial charge >= 0.3 is 10.2 Å². The minimum absolute atomic E-state index is 0.133. The van der Waals surface area contributed by atoms with E-state index in [1.54, 1.807) is 18.2 Å². The van der Waals surface area contributed by atoms with Crippen LogP contribution in [0.3, 0.4) is 0 Å². The molecule has 0 saturated carbocycles. The topological polar surface area (TPSA) is 72.9 Å². The van der Waals surface area contributed by atoms with Crippen molar-refractivity contribution in [2.75, 3.05) is 20.8 Å². The van der Waals surface area contributed by atoms with E-state index in [1.165, 1.54) is 19.1 Å². The van der Waals surface area contributed by atoms with E-state index in [-0.39, 0.29) is 25.4 Å². The van der Waals surface area contributed by atoms with E-state index in [0.29, 0.717) is 11.5 Å². The van der Waals surface area contributed by atoms with Gasteiger partial charge in [-0.3, -0.25) is 4.79 Å². The minimum atomic E-state index is -4.69. The number of carbonyl (C=O) groups excluding carboxylic acids is 1. The molecule has 1 fully saturated rings. The third-order valence-electron chi connectivity index (χ3n) is 3.40. The molecule has 21 heavy (non-hydrogen) atoms. The molecular weight excluding hydrogens is 301 g/mol. The molecule has 1 aromatic carbocycles. The van der Waals surface area contributed by atoms with Crippen LogP contribution in [0, 0.1) is 0 Å². The number of hydrogen-bond acceptors (Lipinski definition) is 5. The molecule has 0 radical (unpaired) electrons. The maximum Gasteiger partial charge on any atom is 0.307 e. The number of methoxy groups -OCH3 is 2. The second kappa shape index (κ2) is 5.88. The van der Waals surface area contributed by atoms with E-state index < -0.39 is 15.5 Å². The van der Waals surface area contributed by atoms with Crippen molar-refractivity contribution in [3.05, 3.63) is 23.8 Å². The Bertz CT molecular complexity index is 646. The Kier molecular flexibility index (Phi) is 4.36. The number of nitrogens with zero attached hydrogens (tertiary/aromatic N) is 1. The number of benzene rings is 1. The van der Waals surface area contributed by atoms with E-state index in [2.05, 4.69) is 0 Å². The van der Waals surface area contributed by atoms with Crippen molar-refractivity contribution in [1.29, 1.82) is 0 Å². The van der Waals surface area contributed by atoms with Crippen molar-refractivity contribution in [3.63, 3.8) is 0 Å². The summed E-state index contributed by atoms with van der Waals surface area (Å²) in [7, 11) is -1.68. The molecule has 0 spiro atoms. The van der Waals surface area contributed by atoms with Gasteiger partial charge < -0.3 is 14.4 Å². The SMILES string of the molecule is COc1ccc(CN2CC(S(=O)(=O)F)CC2=O)cc1OC. The standard InChI is InChI=1S/C13H16FNO5S/c1-19-11-4-3-9(5-12(11)20-2)7-15-8-10(6-13(15)16)21(14,17)18/h3-5,10H,6-8H2,1-2H3. The van der Waals surface area contributed by atoms with Crippen LogP contribution >= 0.6 is 0 Å². The quantitative estimate of drug-likeness (QED) is 0.761. The van der Waals surface area contributed by atoms with Crippen molar-refractivity contribution in [3.8, 4) is 11.5 Å². The Morgan fingerprint density at radius 2 is 1.95 bits per heavy atom. The highest BCUT2D eigenvalue weighted by Crippen LogP contribution is 2.29. The first-order valence-electron chi connectivity index (χ1n) is 6.27. The number of halogens is 1. The van der Waals surface area contributed by atoms with Gasteiger partial charge in [-0.15, -0.1) is 3.89 Å². The molecule has 1 amide bonds. The largest absolute Gasteiger partial charge is 0.493 e. The molecule has 0 bridgehead atoms. The third-order valence-corrected chi connectivity index (χ3v) is 4.51. The highest BCUT2D eigenvalue weighted by molar-refractivity contribution is 7.87. The predicted molar refractivity (Wildman–Crippen MR) is 73.4 cm³/mol. The number of amides is 1. The van der Waals surface area contributed by atoms with Gasteiger partial charge in [0.15, 0.2) is 11.5 Å². The van der Waals surface area contributed by atoms with Gasteiger partial charge in [0.2, 0.25) is 5.91 Å². The van der Waals surface area contributed by atoms with Crippen molar-refractivity contribution in [2.24, 2.45) is 0 Å². The smallest absolute Gasteiger partial charge is 0.307 e. The monoisotopic (exact) mass is 317 g/mol. The Morgan fingerprint density at radius 3 is 2.48 bits per heavy atom. The maximum atomic E-state index is 13.0. The van der Waals surface area contributed by atoms with Crippen LogP contribution in [0.2, 0.25) is 0 Å². The Hall–Kier alpha value is -1.83. The second-order valence-electron chi connectivity index (χ2n) is 4.77. The third kappa shape index (κ3) is 3.44. The van der Waals surface area contributed by atoms with E-state index >= 15 is 0 Å². The van der Waals surface area contributed by atoms with Gasteiger partial charge in [0.25, 0.3) is 0 Å². The van der Waals surface area contributed by atoms with Crippen LogP contribution in [0.4, 0.5) is 3.89 Å². The Balaban J connectivity index is 2.14. The summed E-state index contributed by atoms with van der Waals surface area (Å²) < 4.78 is 45.0. The predicted octanol–water partition coefficient (Wildman–Crippen LogP) is 1.10. The molecule has 0 aromatic heterocycles. The summed E-state index contributed by atoms with van der Waals surface area (Å²) in [6, 6.07) is 5.13. The molecule has 2 rings (SSSR count). The van der Waals surface area contributed by atoms with Crippen LogP contribution in [0.5, 0.6) is 11.5 Å². The summed E-state index contributed by atoms with van der Waals surface area (Å²) in [6.45, 7) is 0.0667. The first-order valence-corrected chi connectivity index (χ1v) is 7.72. The van der Waals surface area contributed by atoms with E-state index in [4.69, 9.17) is 9.47 Å². The van der Waals surface area contributed by atoms with Crippen LogP contribution < -0.4 is 9.47 Å². The fourth-order valence-electron chi connectivity index (χ4n) is 2.28.